The summed E-state index contributed by atoms with van der Waals surface area (Å²) in [6, 6.07) is 2.97. The Balaban J connectivity index is 1.81. The van der Waals surface area contributed by atoms with Gasteiger partial charge in [-0.2, -0.15) is 0 Å². The standard InChI is InChI=1S/C12H21N/c1-2-12-9-3-5-10(6-4-9)13(12)11-7-8-11/h9-12H,2-8H2,1H3/t9?,10?,12-/m0/s1. The quantitative estimate of drug-likeness (QED) is 0.630. The van der Waals surface area contributed by atoms with Crippen molar-refractivity contribution in [3.05, 3.63) is 0 Å². The van der Waals surface area contributed by atoms with Gasteiger partial charge in [0.25, 0.3) is 0 Å². The van der Waals surface area contributed by atoms with E-state index in [1.165, 1.54) is 44.9 Å². The average Bonchev–Trinajstić information content (AvgIpc) is 3.01. The first-order valence-electron chi connectivity index (χ1n) is 6.17. The van der Waals surface area contributed by atoms with E-state index in [0.29, 0.717) is 0 Å². The number of piperidine rings is 2. The Morgan fingerprint density at radius 2 is 1.46 bits per heavy atom. The molecule has 13 heavy (non-hydrogen) atoms. The van der Waals surface area contributed by atoms with Gasteiger partial charge in [0, 0.05) is 18.1 Å². The molecule has 4 rings (SSSR count). The van der Waals surface area contributed by atoms with Gasteiger partial charge in [-0.25, -0.2) is 0 Å². The van der Waals surface area contributed by atoms with Crippen molar-refractivity contribution in [2.24, 2.45) is 5.92 Å². The van der Waals surface area contributed by atoms with E-state index in [9.17, 15) is 0 Å². The van der Waals surface area contributed by atoms with Crippen LogP contribution in [0.25, 0.3) is 0 Å². The molecule has 2 bridgehead atoms. The van der Waals surface area contributed by atoms with E-state index < -0.39 is 0 Å². The molecule has 74 valence electrons. The fourth-order valence-electron chi connectivity index (χ4n) is 3.78. The molecule has 2 aliphatic heterocycles. The summed E-state index contributed by atoms with van der Waals surface area (Å²) in [4.78, 5) is 2.91. The normalized spacial score (nSPS) is 45.5. The molecule has 1 heteroatoms. The van der Waals surface area contributed by atoms with Crippen LogP contribution in [0.2, 0.25) is 0 Å². The van der Waals surface area contributed by atoms with Crippen molar-refractivity contribution in [1.29, 1.82) is 0 Å². The van der Waals surface area contributed by atoms with Crippen LogP contribution in [0.15, 0.2) is 0 Å². The zero-order valence-electron chi connectivity index (χ0n) is 8.71. The van der Waals surface area contributed by atoms with Crippen LogP contribution in [-0.4, -0.2) is 23.0 Å². The minimum atomic E-state index is 0.972. The third-order valence-corrected chi connectivity index (χ3v) is 4.48. The van der Waals surface area contributed by atoms with Crippen molar-refractivity contribution in [3.8, 4) is 0 Å². The Kier molecular flexibility index (Phi) is 1.90. The van der Waals surface area contributed by atoms with Gasteiger partial charge < -0.3 is 0 Å². The summed E-state index contributed by atoms with van der Waals surface area (Å²) >= 11 is 0. The van der Waals surface area contributed by atoms with Crippen LogP contribution in [0.3, 0.4) is 0 Å². The number of hydrogen-bond donors (Lipinski definition) is 0. The van der Waals surface area contributed by atoms with Crippen LogP contribution >= 0.6 is 0 Å². The lowest BCUT2D eigenvalue weighted by molar-refractivity contribution is -0.0203. The second-order valence-electron chi connectivity index (χ2n) is 5.22. The lowest BCUT2D eigenvalue weighted by atomic mass is 9.73. The molecule has 1 atom stereocenters. The van der Waals surface area contributed by atoms with E-state index in [2.05, 4.69) is 11.8 Å². The molecule has 2 saturated heterocycles. The molecule has 0 amide bonds. The first-order chi connectivity index (χ1) is 6.40. The van der Waals surface area contributed by atoms with E-state index in [4.69, 9.17) is 0 Å². The zero-order valence-corrected chi connectivity index (χ0v) is 8.71. The Labute approximate surface area is 81.5 Å². The predicted octanol–water partition coefficient (Wildman–Crippen LogP) is 2.80. The van der Waals surface area contributed by atoms with Crippen molar-refractivity contribution < 1.29 is 0 Å². The van der Waals surface area contributed by atoms with Crippen molar-refractivity contribution in [2.75, 3.05) is 0 Å². The fourth-order valence-corrected chi connectivity index (χ4v) is 3.78. The molecule has 2 heterocycles. The van der Waals surface area contributed by atoms with E-state index >= 15 is 0 Å². The summed E-state index contributed by atoms with van der Waals surface area (Å²) in [5.41, 5.74) is 0. The number of fused-ring (bicyclic) bond motifs is 3. The Bertz CT molecular complexity index is 189. The SMILES string of the molecule is CC[C@H]1C2CCC(CC2)N1C1CC1. The lowest BCUT2D eigenvalue weighted by Crippen LogP contribution is -2.55. The van der Waals surface area contributed by atoms with E-state index in [1.807, 2.05) is 0 Å². The number of rotatable bonds is 2. The molecule has 2 aliphatic carbocycles. The molecule has 2 saturated carbocycles. The topological polar surface area (TPSA) is 3.24 Å². The molecule has 0 aromatic heterocycles. The molecule has 0 N–H and O–H groups in total. The average molecular weight is 179 g/mol. The summed E-state index contributed by atoms with van der Waals surface area (Å²) in [5, 5.41) is 0. The Morgan fingerprint density at radius 1 is 0.923 bits per heavy atom. The Hall–Kier alpha value is -0.0400. The van der Waals surface area contributed by atoms with Gasteiger partial charge in [-0.1, -0.05) is 6.92 Å². The third kappa shape index (κ3) is 1.24. The Morgan fingerprint density at radius 3 is 1.92 bits per heavy atom. The van der Waals surface area contributed by atoms with Gasteiger partial charge in [-0.15, -0.1) is 0 Å². The second-order valence-corrected chi connectivity index (χ2v) is 5.22. The summed E-state index contributed by atoms with van der Waals surface area (Å²) < 4.78 is 0. The van der Waals surface area contributed by atoms with Crippen LogP contribution in [0.4, 0.5) is 0 Å². The first-order valence-corrected chi connectivity index (χ1v) is 6.17. The van der Waals surface area contributed by atoms with Crippen molar-refractivity contribution in [3.63, 3.8) is 0 Å². The minimum Gasteiger partial charge on any atom is -0.294 e. The monoisotopic (exact) mass is 179 g/mol. The van der Waals surface area contributed by atoms with Gasteiger partial charge in [-0.05, 0) is 50.9 Å². The highest BCUT2D eigenvalue weighted by atomic mass is 15.3. The molecule has 4 aliphatic rings. The maximum atomic E-state index is 2.91. The molecule has 0 aromatic carbocycles. The van der Waals surface area contributed by atoms with Crippen molar-refractivity contribution in [2.45, 2.75) is 70.0 Å². The van der Waals surface area contributed by atoms with Gasteiger partial charge >= 0.3 is 0 Å². The van der Waals surface area contributed by atoms with Gasteiger partial charge in [0.15, 0.2) is 0 Å². The number of nitrogens with zero attached hydrogens (tertiary/aromatic N) is 1. The molecule has 0 unspecified atom stereocenters. The van der Waals surface area contributed by atoms with Crippen molar-refractivity contribution in [1.82, 2.24) is 4.90 Å². The van der Waals surface area contributed by atoms with E-state index in [1.54, 1.807) is 0 Å². The highest BCUT2D eigenvalue weighted by Crippen LogP contribution is 2.46. The predicted molar refractivity (Wildman–Crippen MR) is 54.7 cm³/mol. The third-order valence-electron chi connectivity index (χ3n) is 4.48. The summed E-state index contributed by atoms with van der Waals surface area (Å²) in [6.07, 6.45) is 10.5. The van der Waals surface area contributed by atoms with Crippen LogP contribution in [0.5, 0.6) is 0 Å². The highest BCUT2D eigenvalue weighted by molar-refractivity contribution is 5.01. The fraction of sp³-hybridized carbons (Fsp3) is 1.00. The number of hydrogen-bond acceptors (Lipinski definition) is 1. The minimum absolute atomic E-state index is 0.972. The summed E-state index contributed by atoms with van der Waals surface area (Å²) in [5.74, 6) is 1.07. The van der Waals surface area contributed by atoms with Gasteiger partial charge in [0.1, 0.15) is 0 Å². The molecule has 0 radical (unpaired) electrons. The van der Waals surface area contributed by atoms with E-state index in [0.717, 1.165) is 24.0 Å². The molecule has 4 fully saturated rings. The molecule has 0 aromatic rings. The van der Waals surface area contributed by atoms with E-state index in [-0.39, 0.29) is 0 Å². The largest absolute Gasteiger partial charge is 0.294 e. The molecule has 0 spiro atoms. The zero-order chi connectivity index (χ0) is 8.84. The van der Waals surface area contributed by atoms with Crippen molar-refractivity contribution >= 4 is 0 Å². The summed E-state index contributed by atoms with van der Waals surface area (Å²) in [6.45, 7) is 2.39. The maximum absolute atomic E-state index is 2.91. The van der Waals surface area contributed by atoms with Gasteiger partial charge in [0.05, 0.1) is 0 Å². The maximum Gasteiger partial charge on any atom is 0.0127 e. The van der Waals surface area contributed by atoms with Crippen LogP contribution in [0, 0.1) is 5.92 Å². The lowest BCUT2D eigenvalue weighted by Gasteiger charge is -2.52. The molecule has 1 nitrogen and oxygen atoms in total. The molecular weight excluding hydrogens is 158 g/mol. The highest BCUT2D eigenvalue weighted by Gasteiger charge is 2.46. The first kappa shape index (κ1) is 8.28. The van der Waals surface area contributed by atoms with Gasteiger partial charge in [0.2, 0.25) is 0 Å². The van der Waals surface area contributed by atoms with Crippen LogP contribution < -0.4 is 0 Å². The van der Waals surface area contributed by atoms with Crippen LogP contribution in [-0.2, 0) is 0 Å². The van der Waals surface area contributed by atoms with Gasteiger partial charge in [-0.3, -0.25) is 4.90 Å². The smallest absolute Gasteiger partial charge is 0.0127 e. The molecular formula is C12H21N. The second kappa shape index (κ2) is 2.98. The summed E-state index contributed by atoms with van der Waals surface area (Å²) in [7, 11) is 0. The van der Waals surface area contributed by atoms with Crippen LogP contribution in [0.1, 0.15) is 51.9 Å².